The first-order chi connectivity index (χ1) is 28.4. The fourth-order valence-corrected chi connectivity index (χ4v) is 5.92. The van der Waals surface area contributed by atoms with Crippen molar-refractivity contribution in [1.82, 2.24) is 4.98 Å². The summed E-state index contributed by atoms with van der Waals surface area (Å²) in [6, 6.07) is 19.4. The number of H-pyrrole nitrogens is 1. The Morgan fingerprint density at radius 1 is 0.500 bits per heavy atom. The Morgan fingerprint density at radius 3 is 1.52 bits per heavy atom. The van der Waals surface area contributed by atoms with Crippen LogP contribution in [0.1, 0.15) is 140 Å². The zero-order chi connectivity index (χ0) is 41.2. The van der Waals surface area contributed by atoms with Crippen LogP contribution in [0.3, 0.4) is 0 Å². The second-order valence-electron chi connectivity index (χ2n) is 14.2. The highest BCUT2D eigenvalue weighted by Crippen LogP contribution is 2.28. The summed E-state index contributed by atoms with van der Waals surface area (Å²) in [5.41, 5.74) is 1.49. The minimum absolute atomic E-state index is 0.0136. The molecule has 0 saturated carbocycles. The van der Waals surface area contributed by atoms with Crippen LogP contribution in [0.2, 0.25) is 0 Å². The average Bonchev–Trinajstić information content (AvgIpc) is 3.75. The van der Waals surface area contributed by atoms with Crippen molar-refractivity contribution in [2.75, 3.05) is 26.4 Å². The predicted octanol–water partition coefficient (Wildman–Crippen LogP) is 10.7. The molecule has 4 aromatic rings. The van der Waals surface area contributed by atoms with E-state index in [4.69, 9.17) is 28.4 Å². The molecule has 1 N–H and O–H groups in total. The number of nitrogens with one attached hydrogen (secondary N) is 1. The molecule has 312 valence electrons. The van der Waals surface area contributed by atoms with Gasteiger partial charge in [-0.25, -0.2) is 14.4 Å². The molecule has 0 saturated heterocycles. The van der Waals surface area contributed by atoms with Crippen molar-refractivity contribution in [2.45, 2.75) is 110 Å². The molecular formula is C47H59NO10. The fraction of sp³-hybridized carbons (Fsp3) is 0.447. The van der Waals surface area contributed by atoms with Crippen LogP contribution in [0.5, 0.6) is 23.0 Å². The lowest BCUT2D eigenvalue weighted by Crippen LogP contribution is -2.14. The van der Waals surface area contributed by atoms with Crippen LogP contribution >= 0.6 is 0 Å². The highest BCUT2D eigenvalue weighted by Gasteiger charge is 2.21. The monoisotopic (exact) mass is 797 g/mol. The van der Waals surface area contributed by atoms with Gasteiger partial charge in [0, 0.05) is 12.4 Å². The maximum atomic E-state index is 13.4. The molecule has 1 heterocycles. The van der Waals surface area contributed by atoms with Gasteiger partial charge < -0.3 is 33.4 Å². The lowest BCUT2D eigenvalue weighted by Gasteiger charge is -2.13. The van der Waals surface area contributed by atoms with Gasteiger partial charge in [-0.15, -0.1) is 0 Å². The smallest absolute Gasteiger partial charge is 0.343 e. The summed E-state index contributed by atoms with van der Waals surface area (Å²) >= 11 is 0. The van der Waals surface area contributed by atoms with Gasteiger partial charge in [0.1, 0.15) is 28.6 Å². The van der Waals surface area contributed by atoms with Crippen molar-refractivity contribution in [1.29, 1.82) is 0 Å². The molecule has 11 nitrogen and oxygen atoms in total. The van der Waals surface area contributed by atoms with E-state index >= 15 is 0 Å². The predicted molar refractivity (Wildman–Crippen MR) is 222 cm³/mol. The highest BCUT2D eigenvalue weighted by atomic mass is 16.6. The molecule has 3 aromatic carbocycles. The van der Waals surface area contributed by atoms with Gasteiger partial charge in [0.2, 0.25) is 0 Å². The summed E-state index contributed by atoms with van der Waals surface area (Å²) < 4.78 is 33.6. The van der Waals surface area contributed by atoms with Crippen LogP contribution in [0, 0.1) is 0 Å². The number of benzene rings is 3. The van der Waals surface area contributed by atoms with Crippen LogP contribution in [0.15, 0.2) is 85.2 Å². The van der Waals surface area contributed by atoms with E-state index in [1.54, 1.807) is 60.9 Å². The van der Waals surface area contributed by atoms with Gasteiger partial charge in [-0.05, 0) is 104 Å². The number of carbonyl (C=O) groups is 4. The molecule has 1 aromatic heterocycles. The molecule has 0 amide bonds. The summed E-state index contributed by atoms with van der Waals surface area (Å²) in [7, 11) is 0. The van der Waals surface area contributed by atoms with Gasteiger partial charge in [0.25, 0.3) is 0 Å². The van der Waals surface area contributed by atoms with Crippen LogP contribution in [0.25, 0.3) is 0 Å². The van der Waals surface area contributed by atoms with Gasteiger partial charge >= 0.3 is 23.9 Å². The van der Waals surface area contributed by atoms with Crippen molar-refractivity contribution < 1.29 is 47.6 Å². The average molecular weight is 798 g/mol. The second kappa shape index (κ2) is 26.4. The zero-order valence-electron chi connectivity index (χ0n) is 34.1. The molecular weight excluding hydrogens is 739 g/mol. The third-order valence-corrected chi connectivity index (χ3v) is 9.34. The number of carbonyl (C=O) groups excluding carboxylic acids is 4. The first-order valence-electron chi connectivity index (χ1n) is 20.8. The van der Waals surface area contributed by atoms with E-state index in [9.17, 15) is 19.2 Å². The zero-order valence-corrected chi connectivity index (χ0v) is 34.1. The Morgan fingerprint density at radius 2 is 1.00 bits per heavy atom. The van der Waals surface area contributed by atoms with Gasteiger partial charge in [0.05, 0.1) is 44.0 Å². The molecule has 11 heteroatoms. The third kappa shape index (κ3) is 16.9. The van der Waals surface area contributed by atoms with Crippen LogP contribution in [0.4, 0.5) is 0 Å². The summed E-state index contributed by atoms with van der Waals surface area (Å²) in [5, 5.41) is 0. The Hall–Kier alpha value is -5.58. The molecule has 0 aliphatic heterocycles. The van der Waals surface area contributed by atoms with Crippen molar-refractivity contribution in [3.63, 3.8) is 0 Å². The van der Waals surface area contributed by atoms with Crippen molar-refractivity contribution in [2.24, 2.45) is 0 Å². The molecule has 0 fully saturated rings. The van der Waals surface area contributed by atoms with Crippen molar-refractivity contribution >= 4 is 23.9 Å². The molecule has 0 bridgehead atoms. The van der Waals surface area contributed by atoms with Crippen LogP contribution in [-0.4, -0.2) is 55.3 Å². The number of esters is 4. The summed E-state index contributed by atoms with van der Waals surface area (Å²) in [5.74, 6) is -0.774. The van der Waals surface area contributed by atoms with Gasteiger partial charge in [-0.1, -0.05) is 78.1 Å². The van der Waals surface area contributed by atoms with E-state index in [-0.39, 0.29) is 35.2 Å². The van der Waals surface area contributed by atoms with E-state index in [2.05, 4.69) is 18.8 Å². The third-order valence-electron chi connectivity index (χ3n) is 9.34. The van der Waals surface area contributed by atoms with Gasteiger partial charge in [0.15, 0.2) is 0 Å². The number of ether oxygens (including phenoxy) is 6. The summed E-state index contributed by atoms with van der Waals surface area (Å²) in [6.07, 6.45) is 18.0. The molecule has 0 atom stereocenters. The summed E-state index contributed by atoms with van der Waals surface area (Å²) in [6.45, 7) is 6.00. The standard InChI is InChI=1S/C47H59NO10/c1-3-5-29-53-39-21-17-37(18-22-39)45(50)57-41-25-26-43(58-46(51)38-19-23-40(24-20-38)54-30-6-4-2)42(34-41)47(52)56-32-16-14-12-10-8-7-9-11-13-15-31-55-44(49)33-36-27-28-48-35-36/h17-28,34-35,48H,3-16,29-33H2,1-2H3. The molecule has 58 heavy (non-hydrogen) atoms. The van der Waals surface area contributed by atoms with Crippen LogP contribution in [-0.2, 0) is 20.7 Å². The van der Waals surface area contributed by atoms with Crippen molar-refractivity contribution in [3.8, 4) is 23.0 Å². The Bertz CT molecular complexity index is 1800. The molecule has 0 aliphatic carbocycles. The highest BCUT2D eigenvalue weighted by molar-refractivity contribution is 5.97. The molecule has 0 spiro atoms. The van der Waals surface area contributed by atoms with E-state index in [0.29, 0.717) is 49.7 Å². The number of hydrogen-bond donors (Lipinski definition) is 1. The number of aromatic nitrogens is 1. The number of unbranched alkanes of at least 4 members (excludes halogenated alkanes) is 11. The number of aromatic amines is 1. The fourth-order valence-electron chi connectivity index (χ4n) is 5.92. The number of hydrogen-bond acceptors (Lipinski definition) is 10. The molecule has 4 rings (SSSR count). The summed E-state index contributed by atoms with van der Waals surface area (Å²) in [4.78, 5) is 54.3. The normalized spacial score (nSPS) is 10.8. The van der Waals surface area contributed by atoms with Gasteiger partial charge in [-0.3, -0.25) is 4.79 Å². The minimum Gasteiger partial charge on any atom is -0.494 e. The van der Waals surface area contributed by atoms with Crippen LogP contribution < -0.4 is 18.9 Å². The quantitative estimate of drug-likeness (QED) is 0.0335. The molecule has 0 aliphatic rings. The minimum atomic E-state index is -0.690. The lowest BCUT2D eigenvalue weighted by atomic mass is 10.1. The van der Waals surface area contributed by atoms with Gasteiger partial charge in [-0.2, -0.15) is 0 Å². The maximum Gasteiger partial charge on any atom is 0.343 e. The van der Waals surface area contributed by atoms with E-state index in [0.717, 1.165) is 89.0 Å². The Balaban J connectivity index is 1.21. The van der Waals surface area contributed by atoms with Crippen molar-refractivity contribution in [3.05, 3.63) is 107 Å². The van der Waals surface area contributed by atoms with E-state index < -0.39 is 17.9 Å². The Labute approximate surface area is 342 Å². The lowest BCUT2D eigenvalue weighted by molar-refractivity contribution is -0.142. The number of rotatable bonds is 28. The Kier molecular flexibility index (Phi) is 20.5. The second-order valence-corrected chi connectivity index (χ2v) is 14.2. The molecule has 0 radical (unpaired) electrons. The molecule has 0 unspecified atom stereocenters. The first-order valence-corrected chi connectivity index (χ1v) is 20.8. The first kappa shape index (κ1) is 45.1. The topological polar surface area (TPSA) is 139 Å². The SMILES string of the molecule is CCCCOc1ccc(C(=O)Oc2ccc(OC(=O)c3ccc(OCCCC)cc3)c(C(=O)OCCCCCCCCCCCCOC(=O)Cc3cc[nH]c3)c2)cc1. The maximum absolute atomic E-state index is 13.4. The largest absolute Gasteiger partial charge is 0.494 e. The van der Waals surface area contributed by atoms with E-state index in [1.165, 1.54) is 18.2 Å². The van der Waals surface area contributed by atoms with E-state index in [1.807, 2.05) is 6.07 Å².